The van der Waals surface area contributed by atoms with Gasteiger partial charge in [0.25, 0.3) is 0 Å². The van der Waals surface area contributed by atoms with Crippen molar-refractivity contribution < 1.29 is 13.5 Å². The molecular weight excluding hydrogens is 268 g/mol. The molecule has 0 saturated carbocycles. The highest BCUT2D eigenvalue weighted by molar-refractivity contribution is 9.10. The zero-order valence-electron chi connectivity index (χ0n) is 8.70. The summed E-state index contributed by atoms with van der Waals surface area (Å²) in [7, 11) is 1.28. The first-order chi connectivity index (χ1) is 6.79. The van der Waals surface area contributed by atoms with Gasteiger partial charge in [0.15, 0.2) is 11.6 Å². The van der Waals surface area contributed by atoms with Crippen LogP contribution in [-0.2, 0) is 5.54 Å². The van der Waals surface area contributed by atoms with Gasteiger partial charge in [0.1, 0.15) is 5.82 Å². The van der Waals surface area contributed by atoms with E-state index in [0.29, 0.717) is 0 Å². The smallest absolute Gasteiger partial charge is 0.166 e. The van der Waals surface area contributed by atoms with Gasteiger partial charge in [-0.1, -0.05) is 0 Å². The molecule has 0 atom stereocenters. The first-order valence-corrected chi connectivity index (χ1v) is 5.09. The molecule has 0 radical (unpaired) electrons. The fraction of sp³-hybridized carbons (Fsp3) is 0.400. The summed E-state index contributed by atoms with van der Waals surface area (Å²) in [4.78, 5) is 0. The van der Waals surface area contributed by atoms with Gasteiger partial charge >= 0.3 is 0 Å². The number of methoxy groups -OCH3 is 1. The molecule has 0 amide bonds. The maximum Gasteiger partial charge on any atom is 0.166 e. The van der Waals surface area contributed by atoms with Crippen LogP contribution in [0.4, 0.5) is 8.78 Å². The van der Waals surface area contributed by atoms with Crippen LogP contribution in [0.1, 0.15) is 19.4 Å². The summed E-state index contributed by atoms with van der Waals surface area (Å²) in [5, 5.41) is 0. The van der Waals surface area contributed by atoms with E-state index in [1.54, 1.807) is 13.8 Å². The minimum absolute atomic E-state index is 0.0249. The van der Waals surface area contributed by atoms with Crippen molar-refractivity contribution in [3.8, 4) is 5.75 Å². The zero-order chi connectivity index (χ0) is 11.8. The SMILES string of the molecule is COc1c(F)cc(Br)c(F)c1C(C)(C)N. The van der Waals surface area contributed by atoms with Crippen LogP contribution in [0.15, 0.2) is 10.5 Å². The highest BCUT2D eigenvalue weighted by Crippen LogP contribution is 2.36. The molecule has 0 aliphatic rings. The maximum atomic E-state index is 13.8. The molecule has 84 valence electrons. The Morgan fingerprint density at radius 1 is 1.40 bits per heavy atom. The lowest BCUT2D eigenvalue weighted by molar-refractivity contribution is 0.358. The monoisotopic (exact) mass is 279 g/mol. The molecule has 1 rings (SSSR count). The minimum atomic E-state index is -1.01. The van der Waals surface area contributed by atoms with E-state index in [-0.39, 0.29) is 15.8 Å². The molecule has 1 aromatic rings. The Hall–Kier alpha value is -0.680. The number of nitrogens with two attached hydrogens (primary N) is 1. The van der Waals surface area contributed by atoms with E-state index < -0.39 is 17.2 Å². The molecule has 0 fully saturated rings. The third kappa shape index (κ3) is 2.29. The Morgan fingerprint density at radius 2 is 1.93 bits per heavy atom. The molecular formula is C10H12BrF2NO. The van der Waals surface area contributed by atoms with Gasteiger partial charge in [0.05, 0.1) is 17.1 Å². The Bertz CT molecular complexity index is 388. The van der Waals surface area contributed by atoms with Gasteiger partial charge in [-0.3, -0.25) is 0 Å². The highest BCUT2D eigenvalue weighted by atomic mass is 79.9. The molecule has 0 unspecified atom stereocenters. The van der Waals surface area contributed by atoms with E-state index in [0.717, 1.165) is 6.07 Å². The highest BCUT2D eigenvalue weighted by Gasteiger charge is 2.28. The Balaban J connectivity index is 3.59. The van der Waals surface area contributed by atoms with Crippen molar-refractivity contribution in [1.29, 1.82) is 0 Å². The van der Waals surface area contributed by atoms with Crippen molar-refractivity contribution in [1.82, 2.24) is 0 Å². The summed E-state index contributed by atoms with van der Waals surface area (Å²) >= 11 is 2.93. The average molecular weight is 280 g/mol. The van der Waals surface area contributed by atoms with Crippen LogP contribution in [0.25, 0.3) is 0 Å². The van der Waals surface area contributed by atoms with Crippen LogP contribution in [0, 0.1) is 11.6 Å². The van der Waals surface area contributed by atoms with E-state index in [9.17, 15) is 8.78 Å². The summed E-state index contributed by atoms with van der Waals surface area (Å²) in [6.07, 6.45) is 0. The van der Waals surface area contributed by atoms with Crippen molar-refractivity contribution in [2.45, 2.75) is 19.4 Å². The average Bonchev–Trinajstić information content (AvgIpc) is 2.08. The van der Waals surface area contributed by atoms with E-state index in [4.69, 9.17) is 10.5 Å². The van der Waals surface area contributed by atoms with E-state index in [1.807, 2.05) is 0 Å². The van der Waals surface area contributed by atoms with Crippen molar-refractivity contribution >= 4 is 15.9 Å². The second-order valence-electron chi connectivity index (χ2n) is 3.78. The number of hydrogen-bond donors (Lipinski definition) is 1. The zero-order valence-corrected chi connectivity index (χ0v) is 10.3. The Morgan fingerprint density at radius 3 is 2.33 bits per heavy atom. The first-order valence-electron chi connectivity index (χ1n) is 4.30. The quantitative estimate of drug-likeness (QED) is 0.845. The molecule has 1 aromatic carbocycles. The second-order valence-corrected chi connectivity index (χ2v) is 4.64. The largest absolute Gasteiger partial charge is 0.493 e. The topological polar surface area (TPSA) is 35.2 Å². The molecule has 0 bridgehead atoms. The maximum absolute atomic E-state index is 13.8. The van der Waals surface area contributed by atoms with Gasteiger partial charge in [0.2, 0.25) is 0 Å². The molecule has 2 N–H and O–H groups in total. The Kier molecular flexibility index (Phi) is 3.35. The number of ether oxygens (including phenoxy) is 1. The number of benzene rings is 1. The summed E-state index contributed by atoms with van der Waals surface area (Å²) in [6.45, 7) is 3.17. The Labute approximate surface area is 95.5 Å². The van der Waals surface area contributed by atoms with Crippen molar-refractivity contribution in [2.75, 3.05) is 7.11 Å². The van der Waals surface area contributed by atoms with Gasteiger partial charge in [-0.05, 0) is 35.8 Å². The molecule has 5 heteroatoms. The third-order valence-electron chi connectivity index (χ3n) is 1.98. The normalized spacial score (nSPS) is 11.7. The lowest BCUT2D eigenvalue weighted by Gasteiger charge is -2.23. The lowest BCUT2D eigenvalue weighted by atomic mass is 9.94. The molecule has 0 aromatic heterocycles. The first kappa shape index (κ1) is 12.4. The van der Waals surface area contributed by atoms with Crippen LogP contribution >= 0.6 is 15.9 Å². The second kappa shape index (κ2) is 4.06. The molecule has 0 heterocycles. The van der Waals surface area contributed by atoms with E-state index in [2.05, 4.69) is 15.9 Å². The van der Waals surface area contributed by atoms with Gasteiger partial charge in [-0.15, -0.1) is 0 Å². The van der Waals surface area contributed by atoms with Gasteiger partial charge in [0, 0.05) is 5.54 Å². The fourth-order valence-electron chi connectivity index (χ4n) is 1.35. The minimum Gasteiger partial charge on any atom is -0.493 e. The number of rotatable bonds is 2. The van der Waals surface area contributed by atoms with Crippen LogP contribution in [0.2, 0.25) is 0 Å². The number of halogens is 3. The number of hydrogen-bond acceptors (Lipinski definition) is 2. The predicted molar refractivity (Wildman–Crippen MR) is 57.8 cm³/mol. The molecule has 0 spiro atoms. The van der Waals surface area contributed by atoms with Gasteiger partial charge in [-0.25, -0.2) is 8.78 Å². The third-order valence-corrected chi connectivity index (χ3v) is 2.55. The van der Waals surface area contributed by atoms with Gasteiger partial charge in [-0.2, -0.15) is 0 Å². The van der Waals surface area contributed by atoms with E-state index in [1.165, 1.54) is 7.11 Å². The standard InChI is InChI=1S/C10H12BrF2NO/c1-10(2,14)7-8(13)5(11)4-6(12)9(7)15-3/h4H,14H2,1-3H3. The summed E-state index contributed by atoms with van der Waals surface area (Å²) in [6, 6.07) is 1.02. The van der Waals surface area contributed by atoms with Crippen LogP contribution in [0.3, 0.4) is 0 Å². The van der Waals surface area contributed by atoms with Crippen molar-refractivity contribution in [2.24, 2.45) is 5.73 Å². The summed E-state index contributed by atoms with van der Waals surface area (Å²) in [5.74, 6) is -1.39. The van der Waals surface area contributed by atoms with Crippen LogP contribution < -0.4 is 10.5 Å². The summed E-state index contributed by atoms with van der Waals surface area (Å²) in [5.41, 5.74) is 4.78. The fourth-order valence-corrected chi connectivity index (χ4v) is 1.75. The van der Waals surface area contributed by atoms with Gasteiger partial charge < -0.3 is 10.5 Å². The predicted octanol–water partition coefficient (Wildman–Crippen LogP) is 2.93. The lowest BCUT2D eigenvalue weighted by Crippen LogP contribution is -2.31. The van der Waals surface area contributed by atoms with Crippen molar-refractivity contribution in [3.05, 3.63) is 27.7 Å². The molecule has 0 saturated heterocycles. The molecule has 2 nitrogen and oxygen atoms in total. The van der Waals surface area contributed by atoms with Crippen LogP contribution in [-0.4, -0.2) is 7.11 Å². The van der Waals surface area contributed by atoms with E-state index >= 15 is 0 Å². The van der Waals surface area contributed by atoms with Crippen LogP contribution in [0.5, 0.6) is 5.75 Å². The van der Waals surface area contributed by atoms with Crippen molar-refractivity contribution in [3.63, 3.8) is 0 Å². The molecule has 0 aliphatic carbocycles. The molecule has 0 aliphatic heterocycles. The summed E-state index contributed by atoms with van der Waals surface area (Å²) < 4.78 is 32.1. The molecule has 15 heavy (non-hydrogen) atoms.